The van der Waals surface area contributed by atoms with Crippen molar-refractivity contribution in [1.82, 2.24) is 4.90 Å². The maximum atomic E-state index is 11.9. The maximum absolute atomic E-state index is 11.9. The zero-order valence-electron chi connectivity index (χ0n) is 11.2. The molecule has 0 radical (unpaired) electrons. The molecular formula is C15H19NO3. The van der Waals surface area contributed by atoms with E-state index in [9.17, 15) is 9.59 Å². The third-order valence-corrected chi connectivity index (χ3v) is 3.50. The molecule has 0 unspecified atom stereocenters. The van der Waals surface area contributed by atoms with Crippen molar-refractivity contribution < 1.29 is 14.3 Å². The van der Waals surface area contributed by atoms with Gasteiger partial charge in [-0.3, -0.25) is 9.59 Å². The van der Waals surface area contributed by atoms with Crippen LogP contribution in [0.15, 0.2) is 30.3 Å². The normalized spacial score (nSPS) is 16.2. The van der Waals surface area contributed by atoms with Crippen molar-refractivity contribution in [1.29, 1.82) is 0 Å². The molecular weight excluding hydrogens is 242 g/mol. The molecule has 1 saturated heterocycles. The second kappa shape index (κ2) is 6.36. The number of rotatable bonds is 3. The van der Waals surface area contributed by atoms with Crippen LogP contribution in [0, 0.1) is 5.92 Å². The Morgan fingerprint density at radius 3 is 2.42 bits per heavy atom. The van der Waals surface area contributed by atoms with Crippen molar-refractivity contribution >= 4 is 11.9 Å². The van der Waals surface area contributed by atoms with E-state index in [1.807, 2.05) is 30.3 Å². The van der Waals surface area contributed by atoms with Crippen molar-refractivity contribution in [3.63, 3.8) is 0 Å². The fourth-order valence-corrected chi connectivity index (χ4v) is 2.28. The number of ether oxygens (including phenoxy) is 1. The van der Waals surface area contributed by atoms with Crippen LogP contribution in [-0.2, 0) is 20.9 Å². The zero-order chi connectivity index (χ0) is 13.7. The standard InChI is InChI=1S/C15H19NO3/c1-12(17)16-9-7-14(8-10-16)15(18)19-11-13-5-3-2-4-6-13/h2-6,14H,7-11H2,1H3. The molecule has 19 heavy (non-hydrogen) atoms. The van der Waals surface area contributed by atoms with E-state index in [-0.39, 0.29) is 17.8 Å². The second-order valence-corrected chi connectivity index (χ2v) is 4.87. The number of likely N-dealkylation sites (tertiary alicyclic amines) is 1. The van der Waals surface area contributed by atoms with Gasteiger partial charge < -0.3 is 9.64 Å². The van der Waals surface area contributed by atoms with E-state index in [1.165, 1.54) is 0 Å². The quantitative estimate of drug-likeness (QED) is 0.782. The molecule has 0 aliphatic carbocycles. The van der Waals surface area contributed by atoms with Crippen LogP contribution in [0.25, 0.3) is 0 Å². The van der Waals surface area contributed by atoms with Gasteiger partial charge in [-0.1, -0.05) is 30.3 Å². The first-order chi connectivity index (χ1) is 9.16. The minimum absolute atomic E-state index is 0.0701. The maximum Gasteiger partial charge on any atom is 0.309 e. The summed E-state index contributed by atoms with van der Waals surface area (Å²) < 4.78 is 5.32. The molecule has 1 aromatic carbocycles. The topological polar surface area (TPSA) is 46.6 Å². The van der Waals surface area contributed by atoms with Gasteiger partial charge in [0.1, 0.15) is 6.61 Å². The van der Waals surface area contributed by atoms with Gasteiger partial charge in [-0.2, -0.15) is 0 Å². The van der Waals surface area contributed by atoms with E-state index in [4.69, 9.17) is 4.74 Å². The molecule has 0 N–H and O–H groups in total. The summed E-state index contributed by atoms with van der Waals surface area (Å²) in [5, 5.41) is 0. The van der Waals surface area contributed by atoms with Gasteiger partial charge in [0.05, 0.1) is 5.92 Å². The summed E-state index contributed by atoms with van der Waals surface area (Å²) in [6.07, 6.45) is 1.40. The highest BCUT2D eigenvalue weighted by molar-refractivity contribution is 5.75. The molecule has 0 atom stereocenters. The van der Waals surface area contributed by atoms with Crippen LogP contribution in [0.3, 0.4) is 0 Å². The van der Waals surface area contributed by atoms with Gasteiger partial charge in [-0.05, 0) is 18.4 Å². The molecule has 1 aliphatic heterocycles. The third kappa shape index (κ3) is 3.81. The van der Waals surface area contributed by atoms with Crippen LogP contribution in [0.1, 0.15) is 25.3 Å². The Bertz CT molecular complexity index is 436. The lowest BCUT2D eigenvalue weighted by molar-refractivity contribution is -0.152. The van der Waals surface area contributed by atoms with Crippen LogP contribution in [0.2, 0.25) is 0 Å². The van der Waals surface area contributed by atoms with E-state index in [2.05, 4.69) is 0 Å². The zero-order valence-corrected chi connectivity index (χ0v) is 11.2. The summed E-state index contributed by atoms with van der Waals surface area (Å²) in [4.78, 5) is 24.9. The van der Waals surface area contributed by atoms with Crippen molar-refractivity contribution in [2.45, 2.75) is 26.4 Å². The average molecular weight is 261 g/mol. The lowest BCUT2D eigenvalue weighted by Gasteiger charge is -2.30. The summed E-state index contributed by atoms with van der Waals surface area (Å²) in [6.45, 7) is 3.20. The summed E-state index contributed by atoms with van der Waals surface area (Å²) in [7, 11) is 0. The van der Waals surface area contributed by atoms with Crippen LogP contribution in [0.5, 0.6) is 0 Å². The lowest BCUT2D eigenvalue weighted by atomic mass is 9.97. The smallest absolute Gasteiger partial charge is 0.309 e. The highest BCUT2D eigenvalue weighted by Crippen LogP contribution is 2.19. The molecule has 0 aromatic heterocycles. The van der Waals surface area contributed by atoms with Crippen molar-refractivity contribution in [3.05, 3.63) is 35.9 Å². The minimum Gasteiger partial charge on any atom is -0.461 e. The SMILES string of the molecule is CC(=O)N1CCC(C(=O)OCc2ccccc2)CC1. The highest BCUT2D eigenvalue weighted by Gasteiger charge is 2.26. The summed E-state index contributed by atoms with van der Waals surface area (Å²) in [5.74, 6) is -0.137. The van der Waals surface area contributed by atoms with E-state index in [0.29, 0.717) is 32.5 Å². The van der Waals surface area contributed by atoms with Crippen LogP contribution < -0.4 is 0 Å². The Morgan fingerprint density at radius 1 is 1.21 bits per heavy atom. The predicted molar refractivity (Wildman–Crippen MR) is 71.2 cm³/mol. The Labute approximate surface area is 113 Å². The Morgan fingerprint density at radius 2 is 1.84 bits per heavy atom. The molecule has 0 spiro atoms. The first-order valence-corrected chi connectivity index (χ1v) is 6.63. The first-order valence-electron chi connectivity index (χ1n) is 6.63. The van der Waals surface area contributed by atoms with E-state index in [1.54, 1.807) is 11.8 Å². The summed E-state index contributed by atoms with van der Waals surface area (Å²) >= 11 is 0. The van der Waals surface area contributed by atoms with Gasteiger partial charge in [-0.15, -0.1) is 0 Å². The number of carbonyl (C=O) groups excluding carboxylic acids is 2. The Hall–Kier alpha value is -1.84. The van der Waals surface area contributed by atoms with Gasteiger partial charge in [0, 0.05) is 20.0 Å². The molecule has 1 fully saturated rings. The van der Waals surface area contributed by atoms with Crippen molar-refractivity contribution in [2.75, 3.05) is 13.1 Å². The summed E-state index contributed by atoms with van der Waals surface area (Å²) in [5.41, 5.74) is 0.997. The van der Waals surface area contributed by atoms with Gasteiger partial charge in [-0.25, -0.2) is 0 Å². The number of esters is 1. The molecule has 0 saturated carbocycles. The number of hydrogen-bond acceptors (Lipinski definition) is 3. The van der Waals surface area contributed by atoms with Gasteiger partial charge in [0.25, 0.3) is 0 Å². The van der Waals surface area contributed by atoms with Crippen LogP contribution in [-0.4, -0.2) is 29.9 Å². The Kier molecular flexibility index (Phi) is 4.55. The van der Waals surface area contributed by atoms with Gasteiger partial charge in [0.2, 0.25) is 5.91 Å². The van der Waals surface area contributed by atoms with E-state index < -0.39 is 0 Å². The fourth-order valence-electron chi connectivity index (χ4n) is 2.28. The molecule has 1 amide bonds. The predicted octanol–water partition coefficient (Wildman–Crippen LogP) is 1.99. The Balaban J connectivity index is 1.77. The fraction of sp³-hybridized carbons (Fsp3) is 0.467. The number of hydrogen-bond donors (Lipinski definition) is 0. The molecule has 102 valence electrons. The number of piperidine rings is 1. The highest BCUT2D eigenvalue weighted by atomic mass is 16.5. The molecule has 1 aliphatic rings. The largest absolute Gasteiger partial charge is 0.461 e. The number of benzene rings is 1. The molecule has 0 bridgehead atoms. The molecule has 1 aromatic rings. The lowest BCUT2D eigenvalue weighted by Crippen LogP contribution is -2.39. The van der Waals surface area contributed by atoms with Crippen molar-refractivity contribution in [2.24, 2.45) is 5.92 Å². The molecule has 2 rings (SSSR count). The van der Waals surface area contributed by atoms with Crippen molar-refractivity contribution in [3.8, 4) is 0 Å². The number of carbonyl (C=O) groups is 2. The van der Waals surface area contributed by atoms with E-state index in [0.717, 1.165) is 5.56 Å². The molecule has 1 heterocycles. The second-order valence-electron chi connectivity index (χ2n) is 4.87. The van der Waals surface area contributed by atoms with Crippen LogP contribution >= 0.6 is 0 Å². The molecule has 4 nitrogen and oxygen atoms in total. The van der Waals surface area contributed by atoms with Gasteiger partial charge >= 0.3 is 5.97 Å². The monoisotopic (exact) mass is 261 g/mol. The van der Waals surface area contributed by atoms with Gasteiger partial charge in [0.15, 0.2) is 0 Å². The number of nitrogens with zero attached hydrogens (tertiary/aromatic N) is 1. The minimum atomic E-state index is -0.146. The average Bonchev–Trinajstić information content (AvgIpc) is 2.46. The number of amides is 1. The molecule has 4 heteroatoms. The first kappa shape index (κ1) is 13.6. The van der Waals surface area contributed by atoms with Crippen LogP contribution in [0.4, 0.5) is 0 Å². The third-order valence-electron chi connectivity index (χ3n) is 3.50. The summed E-state index contributed by atoms with van der Waals surface area (Å²) in [6, 6.07) is 9.66. The van der Waals surface area contributed by atoms with E-state index >= 15 is 0 Å².